The molecule has 4 heterocycles. The minimum absolute atomic E-state index is 0.343. The van der Waals surface area contributed by atoms with Crippen LogP contribution >= 0.6 is 0 Å². The molecule has 1 aliphatic rings. The van der Waals surface area contributed by atoms with Crippen LogP contribution < -0.4 is 10.2 Å². The SMILES string of the molecule is Cc1ccc(N2CCCC(NCc3nc(-c4ccco4)no3)C2)nn1. The average Bonchev–Trinajstić information content (AvgIpc) is 3.32. The first-order chi connectivity index (χ1) is 12.3. The maximum Gasteiger partial charge on any atom is 0.241 e. The van der Waals surface area contributed by atoms with E-state index in [1.54, 1.807) is 12.3 Å². The molecule has 1 atom stereocenters. The van der Waals surface area contributed by atoms with E-state index in [4.69, 9.17) is 8.94 Å². The van der Waals surface area contributed by atoms with Gasteiger partial charge in [0, 0.05) is 19.1 Å². The predicted molar refractivity (Wildman–Crippen MR) is 90.8 cm³/mol. The van der Waals surface area contributed by atoms with Crippen molar-refractivity contribution < 1.29 is 8.94 Å². The fourth-order valence-corrected chi connectivity index (χ4v) is 2.98. The molecular weight excluding hydrogens is 320 g/mol. The third-order valence-electron chi connectivity index (χ3n) is 4.28. The monoisotopic (exact) mass is 340 g/mol. The minimum atomic E-state index is 0.343. The number of aromatic nitrogens is 4. The summed E-state index contributed by atoms with van der Waals surface area (Å²) in [5, 5.41) is 15.9. The molecule has 1 N–H and O–H groups in total. The summed E-state index contributed by atoms with van der Waals surface area (Å²) in [6.45, 7) is 4.36. The molecule has 0 bridgehead atoms. The van der Waals surface area contributed by atoms with Gasteiger partial charge >= 0.3 is 0 Å². The van der Waals surface area contributed by atoms with Gasteiger partial charge in [-0.1, -0.05) is 5.16 Å². The van der Waals surface area contributed by atoms with Gasteiger partial charge in [0.15, 0.2) is 11.6 Å². The van der Waals surface area contributed by atoms with Crippen LogP contribution in [0, 0.1) is 6.92 Å². The van der Waals surface area contributed by atoms with E-state index in [1.165, 1.54) is 0 Å². The molecule has 8 nitrogen and oxygen atoms in total. The van der Waals surface area contributed by atoms with E-state index in [0.29, 0.717) is 30.1 Å². The molecule has 0 spiro atoms. The Balaban J connectivity index is 1.34. The Morgan fingerprint density at radius 3 is 3.04 bits per heavy atom. The molecule has 1 fully saturated rings. The van der Waals surface area contributed by atoms with Gasteiger partial charge in [-0.05, 0) is 44.0 Å². The lowest BCUT2D eigenvalue weighted by molar-refractivity contribution is 0.343. The van der Waals surface area contributed by atoms with Gasteiger partial charge in [-0.2, -0.15) is 10.1 Å². The van der Waals surface area contributed by atoms with Crippen LogP contribution in [-0.4, -0.2) is 39.5 Å². The number of hydrogen-bond acceptors (Lipinski definition) is 8. The second-order valence-corrected chi connectivity index (χ2v) is 6.19. The number of rotatable bonds is 5. The van der Waals surface area contributed by atoms with Crippen LogP contribution in [0.15, 0.2) is 39.5 Å². The lowest BCUT2D eigenvalue weighted by atomic mass is 10.1. The number of anilines is 1. The highest BCUT2D eigenvalue weighted by molar-refractivity contribution is 5.44. The van der Waals surface area contributed by atoms with Gasteiger partial charge in [0.2, 0.25) is 11.7 Å². The van der Waals surface area contributed by atoms with Crippen molar-refractivity contribution in [3.63, 3.8) is 0 Å². The Morgan fingerprint density at radius 2 is 2.24 bits per heavy atom. The van der Waals surface area contributed by atoms with Gasteiger partial charge in [-0.3, -0.25) is 0 Å². The van der Waals surface area contributed by atoms with Crippen LogP contribution in [0.25, 0.3) is 11.6 Å². The second-order valence-electron chi connectivity index (χ2n) is 6.19. The summed E-state index contributed by atoms with van der Waals surface area (Å²) in [5.41, 5.74) is 0.930. The lowest BCUT2D eigenvalue weighted by Gasteiger charge is -2.33. The predicted octanol–water partition coefficient (Wildman–Crippen LogP) is 2.19. The Labute approximate surface area is 145 Å². The molecule has 0 amide bonds. The summed E-state index contributed by atoms with van der Waals surface area (Å²) in [4.78, 5) is 6.61. The molecule has 1 saturated heterocycles. The Bertz CT molecular complexity index is 799. The zero-order chi connectivity index (χ0) is 17.1. The van der Waals surface area contributed by atoms with E-state index in [9.17, 15) is 0 Å². The first-order valence-electron chi connectivity index (χ1n) is 8.43. The van der Waals surface area contributed by atoms with E-state index in [1.807, 2.05) is 25.1 Å². The molecule has 0 saturated carbocycles. The van der Waals surface area contributed by atoms with E-state index in [0.717, 1.165) is 37.4 Å². The second kappa shape index (κ2) is 7.02. The first-order valence-corrected chi connectivity index (χ1v) is 8.43. The van der Waals surface area contributed by atoms with Crippen molar-refractivity contribution in [3.8, 4) is 11.6 Å². The Morgan fingerprint density at radius 1 is 1.28 bits per heavy atom. The van der Waals surface area contributed by atoms with Gasteiger partial charge in [0.05, 0.1) is 18.5 Å². The number of hydrogen-bond donors (Lipinski definition) is 1. The third-order valence-corrected chi connectivity index (χ3v) is 4.28. The molecule has 0 radical (unpaired) electrons. The van der Waals surface area contributed by atoms with Gasteiger partial charge in [0.25, 0.3) is 0 Å². The summed E-state index contributed by atoms with van der Waals surface area (Å²) < 4.78 is 10.6. The quantitative estimate of drug-likeness (QED) is 0.755. The molecule has 1 aliphatic heterocycles. The van der Waals surface area contributed by atoms with Crippen LogP contribution in [0.5, 0.6) is 0 Å². The van der Waals surface area contributed by atoms with E-state index in [2.05, 4.69) is 30.6 Å². The largest absolute Gasteiger partial charge is 0.461 e. The smallest absolute Gasteiger partial charge is 0.241 e. The topological polar surface area (TPSA) is 93.1 Å². The van der Waals surface area contributed by atoms with Gasteiger partial charge in [-0.15, -0.1) is 5.10 Å². The third kappa shape index (κ3) is 3.69. The van der Waals surface area contributed by atoms with Crippen molar-refractivity contribution in [1.82, 2.24) is 25.7 Å². The van der Waals surface area contributed by atoms with Crippen LogP contribution in [0.2, 0.25) is 0 Å². The first kappa shape index (κ1) is 15.8. The minimum Gasteiger partial charge on any atom is -0.461 e. The number of nitrogens with zero attached hydrogens (tertiary/aromatic N) is 5. The summed E-state index contributed by atoms with van der Waals surface area (Å²) in [6.07, 6.45) is 3.80. The normalized spacial score (nSPS) is 17.8. The lowest BCUT2D eigenvalue weighted by Crippen LogP contribution is -2.45. The number of piperidine rings is 1. The van der Waals surface area contributed by atoms with Gasteiger partial charge < -0.3 is 19.2 Å². The van der Waals surface area contributed by atoms with Crippen LogP contribution in [0.4, 0.5) is 5.82 Å². The Kier molecular flexibility index (Phi) is 4.43. The maximum atomic E-state index is 5.28. The molecule has 4 rings (SSSR count). The highest BCUT2D eigenvalue weighted by atomic mass is 16.5. The summed E-state index contributed by atoms with van der Waals surface area (Å²) in [5.74, 6) is 2.56. The molecule has 3 aromatic heterocycles. The fourth-order valence-electron chi connectivity index (χ4n) is 2.98. The molecule has 3 aromatic rings. The summed E-state index contributed by atoms with van der Waals surface area (Å²) in [6, 6.07) is 7.97. The standard InChI is InChI=1S/C17H20N6O2/c1-12-6-7-15(21-20-12)23-8-2-4-13(11-23)18-10-16-19-17(22-25-16)14-5-3-9-24-14/h3,5-7,9,13,18H,2,4,8,10-11H2,1H3. The van der Waals surface area contributed by atoms with Gasteiger partial charge in [0.1, 0.15) is 0 Å². The maximum absolute atomic E-state index is 5.28. The van der Waals surface area contributed by atoms with Crippen molar-refractivity contribution in [2.75, 3.05) is 18.0 Å². The van der Waals surface area contributed by atoms with Crippen LogP contribution in [-0.2, 0) is 6.54 Å². The summed E-state index contributed by atoms with van der Waals surface area (Å²) >= 11 is 0. The number of nitrogens with one attached hydrogen (secondary N) is 1. The molecule has 0 aliphatic carbocycles. The molecule has 0 aromatic carbocycles. The van der Waals surface area contributed by atoms with E-state index >= 15 is 0 Å². The molecule has 1 unspecified atom stereocenters. The van der Waals surface area contributed by atoms with E-state index < -0.39 is 0 Å². The highest BCUT2D eigenvalue weighted by Crippen LogP contribution is 2.18. The molecule has 130 valence electrons. The van der Waals surface area contributed by atoms with Crippen molar-refractivity contribution in [2.24, 2.45) is 0 Å². The molecular formula is C17H20N6O2. The van der Waals surface area contributed by atoms with Crippen molar-refractivity contribution >= 4 is 5.82 Å². The number of aryl methyl sites for hydroxylation is 1. The highest BCUT2D eigenvalue weighted by Gasteiger charge is 2.21. The number of furan rings is 1. The van der Waals surface area contributed by atoms with Gasteiger partial charge in [-0.25, -0.2) is 0 Å². The van der Waals surface area contributed by atoms with Crippen LogP contribution in [0.3, 0.4) is 0 Å². The Hall–Kier alpha value is -2.74. The van der Waals surface area contributed by atoms with E-state index in [-0.39, 0.29) is 0 Å². The zero-order valence-electron chi connectivity index (χ0n) is 14.1. The van der Waals surface area contributed by atoms with Crippen LogP contribution in [0.1, 0.15) is 24.4 Å². The van der Waals surface area contributed by atoms with Crippen molar-refractivity contribution in [3.05, 3.63) is 42.1 Å². The average molecular weight is 340 g/mol. The zero-order valence-corrected chi connectivity index (χ0v) is 14.1. The summed E-state index contributed by atoms with van der Waals surface area (Å²) in [7, 11) is 0. The fraction of sp³-hybridized carbons (Fsp3) is 0.412. The molecule has 8 heteroatoms. The van der Waals surface area contributed by atoms with Crippen molar-refractivity contribution in [2.45, 2.75) is 32.4 Å². The molecule has 25 heavy (non-hydrogen) atoms. The van der Waals surface area contributed by atoms with Crippen molar-refractivity contribution in [1.29, 1.82) is 0 Å².